The molecule has 1 aromatic carbocycles. The number of nitrogens with zero attached hydrogens (tertiary/aromatic N) is 2. The smallest absolute Gasteiger partial charge is 0.408 e. The number of thiazole rings is 1. The van der Waals surface area contributed by atoms with E-state index in [1.807, 2.05) is 0 Å². The van der Waals surface area contributed by atoms with E-state index in [-0.39, 0.29) is 17.0 Å². The zero-order chi connectivity index (χ0) is 17.3. The number of fused-ring (bicyclic) bond motifs is 1. The summed E-state index contributed by atoms with van der Waals surface area (Å²) in [5, 5.41) is 4.59. The Morgan fingerprint density at radius 1 is 1.46 bits per heavy atom. The van der Waals surface area contributed by atoms with Crippen LogP contribution in [0.3, 0.4) is 0 Å². The van der Waals surface area contributed by atoms with Crippen molar-refractivity contribution in [2.45, 2.75) is 4.90 Å². The number of hydrogen-bond donors (Lipinski definition) is 2. The Balaban J connectivity index is 1.79. The van der Waals surface area contributed by atoms with Crippen molar-refractivity contribution in [3.8, 4) is 0 Å². The number of sulfonamides is 1. The summed E-state index contributed by atoms with van der Waals surface area (Å²) in [7, 11) is -2.63. The third-order valence-electron chi connectivity index (χ3n) is 3.15. The zero-order valence-electron chi connectivity index (χ0n) is 12.3. The first kappa shape index (κ1) is 16.4. The topological polar surface area (TPSA) is 125 Å². The van der Waals surface area contributed by atoms with Crippen LogP contribution in [0.4, 0.5) is 5.13 Å². The van der Waals surface area contributed by atoms with E-state index in [1.54, 1.807) is 5.38 Å². The molecule has 24 heavy (non-hydrogen) atoms. The van der Waals surface area contributed by atoms with Crippen LogP contribution >= 0.6 is 11.3 Å². The first-order chi connectivity index (χ1) is 11.4. The van der Waals surface area contributed by atoms with Gasteiger partial charge in [0.05, 0.1) is 17.0 Å². The molecule has 2 aromatic heterocycles. The normalized spacial score (nSPS) is 11.9. The molecule has 0 spiro atoms. The molecule has 0 aliphatic heterocycles. The highest BCUT2D eigenvalue weighted by Crippen LogP contribution is 2.19. The predicted octanol–water partition coefficient (Wildman–Crippen LogP) is 0.837. The lowest BCUT2D eigenvalue weighted by Crippen LogP contribution is -2.34. The fraction of sp³-hybridized carbons (Fsp3) is 0.154. The molecule has 0 saturated heterocycles. The molecular formula is C13H12N4O5S2. The standard InChI is InChI=1S/C13H12N4O5S2/c1-17(7-11(18)16-12-14-4-5-23-12)24(20,21)8-2-3-9-10(6-8)22-13(19)15-9/h2-6H,7H2,1H3,(H,15,19)(H,14,16,18). The predicted molar refractivity (Wildman–Crippen MR) is 87.4 cm³/mol. The molecule has 2 heterocycles. The molecule has 0 bridgehead atoms. The fourth-order valence-electron chi connectivity index (χ4n) is 2.00. The van der Waals surface area contributed by atoms with E-state index in [0.717, 1.165) is 4.31 Å². The minimum Gasteiger partial charge on any atom is -0.408 e. The summed E-state index contributed by atoms with van der Waals surface area (Å²) >= 11 is 1.23. The number of benzene rings is 1. The number of hydrogen-bond acceptors (Lipinski definition) is 7. The highest BCUT2D eigenvalue weighted by Gasteiger charge is 2.24. The number of aromatic nitrogens is 2. The van der Waals surface area contributed by atoms with Crippen LogP contribution in [0.25, 0.3) is 11.1 Å². The van der Waals surface area contributed by atoms with Gasteiger partial charge in [0.1, 0.15) is 0 Å². The second-order valence-electron chi connectivity index (χ2n) is 4.82. The minimum absolute atomic E-state index is 0.0812. The zero-order valence-corrected chi connectivity index (χ0v) is 14.0. The fourth-order valence-corrected chi connectivity index (χ4v) is 3.69. The number of carbonyl (C=O) groups is 1. The van der Waals surface area contributed by atoms with Crippen LogP contribution in [-0.2, 0) is 14.8 Å². The third kappa shape index (κ3) is 3.22. The second-order valence-corrected chi connectivity index (χ2v) is 7.76. The van der Waals surface area contributed by atoms with Gasteiger partial charge < -0.3 is 9.73 Å². The number of amides is 1. The van der Waals surface area contributed by atoms with E-state index in [0.29, 0.717) is 10.6 Å². The molecule has 9 nitrogen and oxygen atoms in total. The van der Waals surface area contributed by atoms with Gasteiger partial charge in [-0.15, -0.1) is 11.3 Å². The number of aromatic amines is 1. The van der Waals surface area contributed by atoms with Gasteiger partial charge in [0.15, 0.2) is 10.7 Å². The van der Waals surface area contributed by atoms with Crippen LogP contribution in [0.15, 0.2) is 43.9 Å². The van der Waals surface area contributed by atoms with Crippen molar-refractivity contribution < 1.29 is 17.6 Å². The Labute approximate surface area is 140 Å². The number of carbonyl (C=O) groups excluding carboxylic acids is 1. The molecule has 0 saturated carbocycles. The lowest BCUT2D eigenvalue weighted by Gasteiger charge is -2.16. The van der Waals surface area contributed by atoms with Gasteiger partial charge >= 0.3 is 5.76 Å². The maximum Gasteiger partial charge on any atom is 0.417 e. The number of H-pyrrole nitrogens is 1. The largest absolute Gasteiger partial charge is 0.417 e. The van der Waals surface area contributed by atoms with Crippen molar-refractivity contribution in [1.82, 2.24) is 14.3 Å². The lowest BCUT2D eigenvalue weighted by atomic mass is 10.3. The average molecular weight is 368 g/mol. The number of rotatable bonds is 5. The molecule has 0 aliphatic rings. The summed E-state index contributed by atoms with van der Waals surface area (Å²) in [6.45, 7) is -0.378. The molecule has 0 aliphatic carbocycles. The van der Waals surface area contributed by atoms with Gasteiger partial charge in [-0.1, -0.05) is 0 Å². The van der Waals surface area contributed by atoms with Crippen molar-refractivity contribution in [2.24, 2.45) is 0 Å². The highest BCUT2D eigenvalue weighted by molar-refractivity contribution is 7.89. The van der Waals surface area contributed by atoms with Crippen LogP contribution in [0.2, 0.25) is 0 Å². The molecule has 1 amide bonds. The monoisotopic (exact) mass is 368 g/mol. The van der Waals surface area contributed by atoms with E-state index in [2.05, 4.69) is 15.3 Å². The van der Waals surface area contributed by atoms with Gasteiger partial charge in [-0.2, -0.15) is 4.31 Å². The summed E-state index contributed by atoms with van der Waals surface area (Å²) < 4.78 is 30.8. The highest BCUT2D eigenvalue weighted by atomic mass is 32.2. The Hall–Kier alpha value is -2.50. The van der Waals surface area contributed by atoms with Gasteiger partial charge in [-0.25, -0.2) is 18.2 Å². The van der Waals surface area contributed by atoms with Crippen molar-refractivity contribution in [3.63, 3.8) is 0 Å². The minimum atomic E-state index is -3.92. The maximum atomic E-state index is 12.5. The van der Waals surface area contributed by atoms with E-state index in [4.69, 9.17) is 4.42 Å². The first-order valence-electron chi connectivity index (χ1n) is 6.65. The molecule has 2 N–H and O–H groups in total. The quantitative estimate of drug-likeness (QED) is 0.687. The summed E-state index contributed by atoms with van der Waals surface area (Å²) in [6, 6.07) is 3.99. The third-order valence-corrected chi connectivity index (χ3v) is 5.63. The van der Waals surface area contributed by atoms with Crippen molar-refractivity contribution in [3.05, 3.63) is 40.3 Å². The van der Waals surface area contributed by atoms with Crippen LogP contribution < -0.4 is 11.1 Å². The Kier molecular flexibility index (Phi) is 4.22. The Bertz CT molecular complexity index is 1040. The summed E-state index contributed by atoms with van der Waals surface area (Å²) in [4.78, 5) is 29.3. The SMILES string of the molecule is CN(CC(=O)Nc1nccs1)S(=O)(=O)c1ccc2[nH]c(=O)oc2c1. The van der Waals surface area contributed by atoms with E-state index in [1.165, 1.54) is 42.8 Å². The van der Waals surface area contributed by atoms with E-state index < -0.39 is 21.7 Å². The molecule has 126 valence electrons. The number of nitrogens with one attached hydrogen (secondary N) is 2. The molecule has 0 unspecified atom stereocenters. The molecule has 0 radical (unpaired) electrons. The van der Waals surface area contributed by atoms with Crippen LogP contribution in [0, 0.1) is 0 Å². The van der Waals surface area contributed by atoms with Crippen LogP contribution in [0.1, 0.15) is 0 Å². The Morgan fingerprint density at radius 2 is 2.25 bits per heavy atom. The molecular weight excluding hydrogens is 356 g/mol. The van der Waals surface area contributed by atoms with Crippen molar-refractivity contribution in [1.29, 1.82) is 0 Å². The van der Waals surface area contributed by atoms with Gasteiger partial charge in [0, 0.05) is 24.7 Å². The van der Waals surface area contributed by atoms with Crippen molar-refractivity contribution in [2.75, 3.05) is 18.9 Å². The van der Waals surface area contributed by atoms with Crippen LogP contribution in [0.5, 0.6) is 0 Å². The molecule has 3 rings (SSSR count). The van der Waals surface area contributed by atoms with Crippen molar-refractivity contribution >= 4 is 43.5 Å². The second kappa shape index (κ2) is 6.19. The lowest BCUT2D eigenvalue weighted by molar-refractivity contribution is -0.116. The number of likely N-dealkylation sites (N-methyl/N-ethyl adjacent to an activating group) is 1. The Morgan fingerprint density at radius 3 is 2.96 bits per heavy atom. The van der Waals surface area contributed by atoms with Gasteiger partial charge in [-0.3, -0.25) is 9.78 Å². The van der Waals surface area contributed by atoms with E-state index >= 15 is 0 Å². The maximum absolute atomic E-state index is 12.5. The number of anilines is 1. The van der Waals surface area contributed by atoms with Gasteiger partial charge in [0.2, 0.25) is 15.9 Å². The molecule has 11 heteroatoms. The van der Waals surface area contributed by atoms with E-state index in [9.17, 15) is 18.0 Å². The molecule has 3 aromatic rings. The average Bonchev–Trinajstić information content (AvgIpc) is 3.14. The molecule has 0 atom stereocenters. The summed E-state index contributed by atoms with van der Waals surface area (Å²) in [6.07, 6.45) is 1.53. The van der Waals surface area contributed by atoms with Gasteiger partial charge in [-0.05, 0) is 12.1 Å². The van der Waals surface area contributed by atoms with Gasteiger partial charge in [0.25, 0.3) is 0 Å². The summed E-state index contributed by atoms with van der Waals surface area (Å²) in [5.41, 5.74) is 0.518. The number of oxazole rings is 1. The molecule has 0 fully saturated rings. The first-order valence-corrected chi connectivity index (χ1v) is 8.97. The summed E-state index contributed by atoms with van der Waals surface area (Å²) in [5.74, 6) is -1.18. The van der Waals surface area contributed by atoms with Crippen LogP contribution in [-0.4, -0.2) is 42.2 Å².